The van der Waals surface area contributed by atoms with Crippen LogP contribution in [-0.2, 0) is 14.3 Å². The molecule has 4 heteroatoms. The summed E-state index contributed by atoms with van der Waals surface area (Å²) in [6, 6.07) is 0. The summed E-state index contributed by atoms with van der Waals surface area (Å²) in [5.74, 6) is -0.623. The molecule has 1 aliphatic rings. The van der Waals surface area contributed by atoms with Gasteiger partial charge in [-0.2, -0.15) is 0 Å². The molecule has 1 rings (SSSR count). The number of amides is 1. The SMILES string of the molecule is COC(=O)/C=C/C=C/NC(=O)/C=C/C1=C(C)CCCC1(C)C. The third-order valence-corrected chi connectivity index (χ3v) is 3.81. The van der Waals surface area contributed by atoms with E-state index in [1.807, 2.05) is 6.08 Å². The first kappa shape index (κ1) is 18.0. The van der Waals surface area contributed by atoms with E-state index in [-0.39, 0.29) is 11.3 Å². The van der Waals surface area contributed by atoms with E-state index < -0.39 is 5.97 Å². The van der Waals surface area contributed by atoms with Gasteiger partial charge < -0.3 is 10.1 Å². The lowest BCUT2D eigenvalue weighted by molar-refractivity contribution is -0.134. The number of methoxy groups -OCH3 is 1. The van der Waals surface area contributed by atoms with Gasteiger partial charge in [-0.3, -0.25) is 4.79 Å². The lowest BCUT2D eigenvalue weighted by atomic mass is 9.72. The fraction of sp³-hybridized carbons (Fsp3) is 0.444. The predicted octanol–water partition coefficient (Wildman–Crippen LogP) is 3.43. The molecular weight excluding hydrogens is 278 g/mol. The quantitative estimate of drug-likeness (QED) is 0.481. The first-order valence-corrected chi connectivity index (χ1v) is 7.47. The molecular formula is C18H25NO3. The Labute approximate surface area is 132 Å². The van der Waals surface area contributed by atoms with E-state index in [0.717, 1.165) is 12.8 Å². The van der Waals surface area contributed by atoms with Gasteiger partial charge in [0.25, 0.3) is 0 Å². The molecule has 0 radical (unpaired) electrons. The van der Waals surface area contributed by atoms with Crippen LogP contribution in [0.5, 0.6) is 0 Å². The summed E-state index contributed by atoms with van der Waals surface area (Å²) in [6.45, 7) is 6.56. The molecule has 0 atom stereocenters. The molecule has 0 aromatic heterocycles. The highest BCUT2D eigenvalue weighted by Gasteiger charge is 2.26. The molecule has 0 spiro atoms. The molecule has 1 amide bonds. The van der Waals surface area contributed by atoms with E-state index in [4.69, 9.17) is 0 Å². The van der Waals surface area contributed by atoms with Gasteiger partial charge in [-0.15, -0.1) is 0 Å². The largest absolute Gasteiger partial charge is 0.466 e. The number of esters is 1. The Morgan fingerprint density at radius 2 is 1.95 bits per heavy atom. The first-order valence-electron chi connectivity index (χ1n) is 7.47. The molecule has 0 heterocycles. The summed E-state index contributed by atoms with van der Waals surface area (Å²) < 4.78 is 4.45. The lowest BCUT2D eigenvalue weighted by Gasteiger charge is -2.32. The van der Waals surface area contributed by atoms with Crippen molar-refractivity contribution in [1.29, 1.82) is 0 Å². The molecule has 0 aromatic carbocycles. The third-order valence-electron chi connectivity index (χ3n) is 3.81. The topological polar surface area (TPSA) is 55.4 Å². The summed E-state index contributed by atoms with van der Waals surface area (Å²) in [5, 5.41) is 2.62. The third kappa shape index (κ3) is 5.72. The summed E-state index contributed by atoms with van der Waals surface area (Å²) in [7, 11) is 1.31. The smallest absolute Gasteiger partial charge is 0.330 e. The van der Waals surface area contributed by atoms with Gasteiger partial charge >= 0.3 is 5.97 Å². The number of nitrogens with one attached hydrogen (secondary N) is 1. The minimum absolute atomic E-state index is 0.123. The van der Waals surface area contributed by atoms with E-state index in [2.05, 4.69) is 30.8 Å². The van der Waals surface area contributed by atoms with Crippen LogP contribution in [0.3, 0.4) is 0 Å². The molecule has 0 unspecified atom stereocenters. The fourth-order valence-corrected chi connectivity index (χ4v) is 2.61. The van der Waals surface area contributed by atoms with Crippen LogP contribution in [0.2, 0.25) is 0 Å². The van der Waals surface area contributed by atoms with E-state index in [1.54, 1.807) is 12.2 Å². The Balaban J connectivity index is 2.56. The highest BCUT2D eigenvalue weighted by molar-refractivity contribution is 5.88. The zero-order chi connectivity index (χ0) is 16.6. The van der Waals surface area contributed by atoms with Crippen LogP contribution in [0.4, 0.5) is 0 Å². The van der Waals surface area contributed by atoms with Gasteiger partial charge in [-0.25, -0.2) is 4.79 Å². The Morgan fingerprint density at radius 1 is 1.23 bits per heavy atom. The molecule has 0 aliphatic heterocycles. The van der Waals surface area contributed by atoms with E-state index >= 15 is 0 Å². The molecule has 22 heavy (non-hydrogen) atoms. The number of ether oxygens (including phenoxy) is 1. The van der Waals surface area contributed by atoms with Crippen LogP contribution in [-0.4, -0.2) is 19.0 Å². The summed E-state index contributed by atoms with van der Waals surface area (Å²) in [4.78, 5) is 22.6. The molecule has 0 saturated carbocycles. The highest BCUT2D eigenvalue weighted by atomic mass is 16.5. The molecule has 1 N–H and O–H groups in total. The number of carbonyl (C=O) groups is 2. The second kappa shape index (κ2) is 8.37. The van der Waals surface area contributed by atoms with Gasteiger partial charge in [-0.05, 0) is 43.3 Å². The second-order valence-electron chi connectivity index (χ2n) is 6.01. The monoisotopic (exact) mass is 303 g/mol. The van der Waals surface area contributed by atoms with Crippen molar-refractivity contribution in [2.75, 3.05) is 7.11 Å². The number of hydrogen-bond acceptors (Lipinski definition) is 3. The van der Waals surface area contributed by atoms with Crippen LogP contribution in [0, 0.1) is 5.41 Å². The van der Waals surface area contributed by atoms with E-state index in [9.17, 15) is 9.59 Å². The van der Waals surface area contributed by atoms with Crippen LogP contribution in [0.1, 0.15) is 40.0 Å². The van der Waals surface area contributed by atoms with Crippen LogP contribution in [0.25, 0.3) is 0 Å². The molecule has 0 saturated heterocycles. The van der Waals surface area contributed by atoms with Crippen LogP contribution in [0.15, 0.2) is 47.7 Å². The Morgan fingerprint density at radius 3 is 2.59 bits per heavy atom. The van der Waals surface area contributed by atoms with Crippen LogP contribution < -0.4 is 5.32 Å². The van der Waals surface area contributed by atoms with Crippen LogP contribution >= 0.6 is 0 Å². The summed E-state index contributed by atoms with van der Waals surface area (Å²) in [6.07, 6.45) is 12.8. The Kier molecular flexibility index (Phi) is 6.83. The molecule has 120 valence electrons. The van der Waals surface area contributed by atoms with Crippen molar-refractivity contribution in [1.82, 2.24) is 5.32 Å². The van der Waals surface area contributed by atoms with Crippen molar-refractivity contribution < 1.29 is 14.3 Å². The van der Waals surface area contributed by atoms with Crippen molar-refractivity contribution in [2.45, 2.75) is 40.0 Å². The Bertz CT molecular complexity index is 537. The average Bonchev–Trinajstić information content (AvgIpc) is 2.45. The number of rotatable bonds is 5. The van der Waals surface area contributed by atoms with Gasteiger partial charge in [0.1, 0.15) is 0 Å². The molecule has 1 aliphatic carbocycles. The van der Waals surface area contributed by atoms with Gasteiger partial charge in [0, 0.05) is 18.4 Å². The summed E-state index contributed by atoms with van der Waals surface area (Å²) in [5.41, 5.74) is 2.73. The maximum atomic E-state index is 11.8. The van der Waals surface area contributed by atoms with Crippen molar-refractivity contribution in [3.8, 4) is 0 Å². The van der Waals surface area contributed by atoms with Gasteiger partial charge in [0.2, 0.25) is 5.91 Å². The van der Waals surface area contributed by atoms with E-state index in [1.165, 1.54) is 43.0 Å². The highest BCUT2D eigenvalue weighted by Crippen LogP contribution is 2.40. The minimum atomic E-state index is -0.433. The maximum absolute atomic E-state index is 11.8. The lowest BCUT2D eigenvalue weighted by Crippen LogP contribution is -2.20. The molecule has 0 fully saturated rings. The van der Waals surface area contributed by atoms with Crippen molar-refractivity contribution in [2.24, 2.45) is 5.41 Å². The number of hydrogen-bond donors (Lipinski definition) is 1. The fourth-order valence-electron chi connectivity index (χ4n) is 2.61. The zero-order valence-corrected chi connectivity index (χ0v) is 13.8. The maximum Gasteiger partial charge on any atom is 0.330 e. The summed E-state index contributed by atoms with van der Waals surface area (Å²) >= 11 is 0. The number of carbonyl (C=O) groups excluding carboxylic acids is 2. The molecule has 4 nitrogen and oxygen atoms in total. The zero-order valence-electron chi connectivity index (χ0n) is 13.8. The molecule has 0 aromatic rings. The average molecular weight is 303 g/mol. The minimum Gasteiger partial charge on any atom is -0.466 e. The Hall–Kier alpha value is -2.10. The first-order chi connectivity index (χ1) is 10.4. The number of allylic oxidation sites excluding steroid dienone is 5. The van der Waals surface area contributed by atoms with Crippen molar-refractivity contribution in [3.05, 3.63) is 47.7 Å². The van der Waals surface area contributed by atoms with Crippen molar-refractivity contribution in [3.63, 3.8) is 0 Å². The molecule has 0 bridgehead atoms. The van der Waals surface area contributed by atoms with Gasteiger partial charge in [0.05, 0.1) is 7.11 Å². The second-order valence-corrected chi connectivity index (χ2v) is 6.01. The van der Waals surface area contributed by atoms with Gasteiger partial charge in [-0.1, -0.05) is 31.6 Å². The van der Waals surface area contributed by atoms with Gasteiger partial charge in [0.15, 0.2) is 0 Å². The predicted molar refractivity (Wildman–Crippen MR) is 87.9 cm³/mol. The van der Waals surface area contributed by atoms with Crippen molar-refractivity contribution >= 4 is 11.9 Å². The van der Waals surface area contributed by atoms with E-state index in [0.29, 0.717) is 0 Å². The standard InChI is InChI=1S/C18H25NO3/c1-14-8-7-12-18(2,3)15(14)10-11-16(20)19-13-6-5-9-17(21)22-4/h5-6,9-11,13H,7-8,12H2,1-4H3,(H,19,20)/b9-5+,11-10+,13-6+. The normalized spacial score (nSPS) is 18.4.